The van der Waals surface area contributed by atoms with E-state index in [4.69, 9.17) is 5.73 Å². The van der Waals surface area contributed by atoms with Gasteiger partial charge in [0.25, 0.3) is 0 Å². The van der Waals surface area contributed by atoms with Crippen LogP contribution in [0.25, 0.3) is 0 Å². The number of ether oxygens (including phenoxy) is 1. The van der Waals surface area contributed by atoms with Gasteiger partial charge in [-0.15, -0.1) is 0 Å². The number of methoxy groups -OCH3 is 1. The molecule has 1 heterocycles. The van der Waals surface area contributed by atoms with E-state index in [0.717, 1.165) is 0 Å². The Labute approximate surface area is 123 Å². The highest BCUT2D eigenvalue weighted by Gasteiger charge is 2.15. The summed E-state index contributed by atoms with van der Waals surface area (Å²) >= 11 is 3.23. The van der Waals surface area contributed by atoms with Crippen LogP contribution >= 0.6 is 15.9 Å². The summed E-state index contributed by atoms with van der Waals surface area (Å²) in [4.78, 5) is 15.7. The van der Waals surface area contributed by atoms with Crippen LogP contribution in [0.4, 0.5) is 21.6 Å². The van der Waals surface area contributed by atoms with Gasteiger partial charge in [0.15, 0.2) is 0 Å². The summed E-state index contributed by atoms with van der Waals surface area (Å²) in [6, 6.07) is 5.58. The maximum absolute atomic E-state index is 13.0. The highest BCUT2D eigenvalue weighted by Crippen LogP contribution is 2.28. The summed E-state index contributed by atoms with van der Waals surface area (Å²) in [5, 5.41) is 2.93. The first-order valence-corrected chi connectivity index (χ1v) is 6.36. The molecule has 0 aliphatic heterocycles. The van der Waals surface area contributed by atoms with Crippen LogP contribution in [0.2, 0.25) is 0 Å². The summed E-state index contributed by atoms with van der Waals surface area (Å²) < 4.78 is 18.2. The quantitative estimate of drug-likeness (QED) is 0.840. The molecule has 1 aromatic carbocycles. The van der Waals surface area contributed by atoms with Crippen molar-refractivity contribution in [2.45, 2.75) is 0 Å². The second-order valence-corrected chi connectivity index (χ2v) is 4.76. The Hall–Kier alpha value is -2.15. The van der Waals surface area contributed by atoms with Gasteiger partial charge in [0.1, 0.15) is 17.2 Å². The van der Waals surface area contributed by atoms with Crippen LogP contribution in [0.15, 0.2) is 34.9 Å². The molecule has 0 radical (unpaired) electrons. The highest BCUT2D eigenvalue weighted by atomic mass is 79.9. The molecule has 7 heteroatoms. The summed E-state index contributed by atoms with van der Waals surface area (Å²) in [6.45, 7) is 0. The number of rotatable bonds is 3. The molecule has 0 unspecified atom stereocenters. The molecular formula is C13H11BrFN3O2. The number of carbonyl (C=O) groups excluding carboxylic acids is 1. The molecule has 0 saturated carbocycles. The number of hydrogen-bond donors (Lipinski definition) is 2. The third-order valence-corrected chi connectivity index (χ3v) is 3.15. The molecule has 0 amide bonds. The number of nitrogens with zero attached hydrogens (tertiary/aromatic N) is 1. The minimum Gasteiger partial charge on any atom is -0.465 e. The largest absolute Gasteiger partial charge is 0.465 e. The highest BCUT2D eigenvalue weighted by molar-refractivity contribution is 9.10. The molecule has 20 heavy (non-hydrogen) atoms. The first kappa shape index (κ1) is 14.3. The first-order valence-electron chi connectivity index (χ1n) is 5.57. The van der Waals surface area contributed by atoms with Crippen LogP contribution in [0.1, 0.15) is 10.4 Å². The predicted molar refractivity (Wildman–Crippen MR) is 77.4 cm³/mol. The number of esters is 1. The van der Waals surface area contributed by atoms with Gasteiger partial charge in [0, 0.05) is 4.47 Å². The minimum atomic E-state index is -0.564. The summed E-state index contributed by atoms with van der Waals surface area (Å²) in [5.41, 5.74) is 6.71. The third-order valence-electron chi connectivity index (χ3n) is 2.50. The Morgan fingerprint density at radius 3 is 2.85 bits per heavy atom. The van der Waals surface area contributed by atoms with Crippen molar-refractivity contribution in [2.24, 2.45) is 0 Å². The third kappa shape index (κ3) is 3.05. The second-order valence-electron chi connectivity index (χ2n) is 3.91. The van der Waals surface area contributed by atoms with E-state index in [9.17, 15) is 9.18 Å². The number of hydrogen-bond acceptors (Lipinski definition) is 5. The van der Waals surface area contributed by atoms with Gasteiger partial charge in [-0.1, -0.05) is 0 Å². The predicted octanol–water partition coefficient (Wildman–Crippen LogP) is 3.10. The fraction of sp³-hybridized carbons (Fsp3) is 0.0769. The van der Waals surface area contributed by atoms with Crippen molar-refractivity contribution < 1.29 is 13.9 Å². The van der Waals surface area contributed by atoms with Gasteiger partial charge in [0.05, 0.1) is 24.7 Å². The molecule has 104 valence electrons. The summed E-state index contributed by atoms with van der Waals surface area (Å²) in [5.74, 6) is -0.662. The number of halogens is 2. The molecule has 2 rings (SSSR count). The summed E-state index contributed by atoms with van der Waals surface area (Å²) in [7, 11) is 1.27. The normalized spacial score (nSPS) is 10.2. The van der Waals surface area contributed by atoms with Crippen LogP contribution in [0.3, 0.4) is 0 Å². The average Bonchev–Trinajstić information content (AvgIpc) is 2.42. The topological polar surface area (TPSA) is 77.2 Å². The fourth-order valence-corrected chi connectivity index (χ4v) is 2.01. The monoisotopic (exact) mass is 339 g/mol. The molecule has 5 nitrogen and oxygen atoms in total. The number of pyridine rings is 1. The Morgan fingerprint density at radius 1 is 1.45 bits per heavy atom. The van der Waals surface area contributed by atoms with E-state index in [1.807, 2.05) is 0 Å². The van der Waals surface area contributed by atoms with E-state index >= 15 is 0 Å². The van der Waals surface area contributed by atoms with Crippen LogP contribution < -0.4 is 11.1 Å². The fourth-order valence-electron chi connectivity index (χ4n) is 1.56. The number of nitrogens with one attached hydrogen (secondary N) is 1. The number of aromatic nitrogens is 1. The lowest BCUT2D eigenvalue weighted by Gasteiger charge is -2.11. The molecule has 3 N–H and O–H groups in total. The van der Waals surface area contributed by atoms with E-state index in [2.05, 4.69) is 31.0 Å². The van der Waals surface area contributed by atoms with Crippen molar-refractivity contribution in [1.29, 1.82) is 0 Å². The molecule has 0 spiro atoms. The van der Waals surface area contributed by atoms with Crippen LogP contribution in [-0.4, -0.2) is 18.1 Å². The van der Waals surface area contributed by atoms with Gasteiger partial charge in [0.2, 0.25) is 0 Å². The van der Waals surface area contributed by atoms with Gasteiger partial charge in [-0.3, -0.25) is 0 Å². The van der Waals surface area contributed by atoms with Crippen molar-refractivity contribution in [3.63, 3.8) is 0 Å². The Balaban J connectivity index is 2.40. The SMILES string of the molecule is COC(=O)c1cc(N)cnc1Nc1ccc(F)cc1Br. The standard InChI is InChI=1S/C13H11BrFN3O2/c1-20-13(19)9-5-8(16)6-17-12(9)18-11-3-2-7(15)4-10(11)14/h2-6H,16H2,1H3,(H,17,18). The number of carbonyl (C=O) groups is 1. The Morgan fingerprint density at radius 2 is 2.20 bits per heavy atom. The van der Waals surface area contributed by atoms with Gasteiger partial charge < -0.3 is 15.8 Å². The first-order chi connectivity index (χ1) is 9.51. The zero-order valence-electron chi connectivity index (χ0n) is 10.5. The van der Waals surface area contributed by atoms with E-state index in [1.165, 1.54) is 37.6 Å². The van der Waals surface area contributed by atoms with Gasteiger partial charge in [-0.2, -0.15) is 0 Å². The zero-order valence-corrected chi connectivity index (χ0v) is 12.1. The maximum Gasteiger partial charge on any atom is 0.341 e. The number of benzene rings is 1. The lowest BCUT2D eigenvalue weighted by atomic mass is 10.2. The van der Waals surface area contributed by atoms with E-state index in [0.29, 0.717) is 15.8 Å². The van der Waals surface area contributed by atoms with Crippen molar-refractivity contribution in [1.82, 2.24) is 4.98 Å². The zero-order chi connectivity index (χ0) is 14.7. The molecule has 2 aromatic rings. The lowest BCUT2D eigenvalue weighted by Crippen LogP contribution is -2.08. The molecule has 0 aliphatic rings. The average molecular weight is 340 g/mol. The van der Waals surface area contributed by atoms with Gasteiger partial charge >= 0.3 is 5.97 Å². The number of nitrogen functional groups attached to an aromatic ring is 1. The maximum atomic E-state index is 13.0. The number of anilines is 3. The van der Waals surface area contributed by atoms with Crippen molar-refractivity contribution >= 4 is 39.1 Å². The molecule has 1 aromatic heterocycles. The Kier molecular flexibility index (Phi) is 4.19. The van der Waals surface area contributed by atoms with Crippen molar-refractivity contribution in [3.8, 4) is 0 Å². The summed E-state index contributed by atoms with van der Waals surface area (Å²) in [6.07, 6.45) is 1.41. The Bertz CT molecular complexity index is 664. The van der Waals surface area contributed by atoms with Gasteiger partial charge in [-0.25, -0.2) is 14.2 Å². The molecule has 0 atom stereocenters. The molecule has 0 aliphatic carbocycles. The molecule has 0 bridgehead atoms. The lowest BCUT2D eigenvalue weighted by molar-refractivity contribution is 0.0601. The molecule has 0 fully saturated rings. The van der Waals surface area contributed by atoms with Crippen molar-refractivity contribution in [2.75, 3.05) is 18.2 Å². The molecule has 0 saturated heterocycles. The van der Waals surface area contributed by atoms with Gasteiger partial charge in [-0.05, 0) is 40.2 Å². The van der Waals surface area contributed by atoms with Crippen LogP contribution in [-0.2, 0) is 4.74 Å². The van der Waals surface area contributed by atoms with Crippen LogP contribution in [0.5, 0.6) is 0 Å². The minimum absolute atomic E-state index is 0.198. The molecular weight excluding hydrogens is 329 g/mol. The smallest absolute Gasteiger partial charge is 0.341 e. The van der Waals surface area contributed by atoms with E-state index in [-0.39, 0.29) is 17.2 Å². The second kappa shape index (κ2) is 5.87. The van der Waals surface area contributed by atoms with E-state index in [1.54, 1.807) is 0 Å². The number of nitrogens with two attached hydrogens (primary N) is 1. The van der Waals surface area contributed by atoms with E-state index < -0.39 is 5.97 Å². The van der Waals surface area contributed by atoms with Crippen LogP contribution in [0, 0.1) is 5.82 Å². The van der Waals surface area contributed by atoms with Crippen molar-refractivity contribution in [3.05, 3.63) is 46.3 Å².